The highest BCUT2D eigenvalue weighted by Gasteiger charge is 2.43. The van der Waals surface area contributed by atoms with Gasteiger partial charge in [0.1, 0.15) is 11.5 Å². The summed E-state index contributed by atoms with van der Waals surface area (Å²) in [5.41, 5.74) is 0.533. The first-order chi connectivity index (χ1) is 10.1. The smallest absolute Gasteiger partial charge is 0.258 e. The first kappa shape index (κ1) is 14.2. The average molecular weight is 291 g/mol. The number of methoxy groups -OCH3 is 2. The van der Waals surface area contributed by atoms with Gasteiger partial charge in [-0.05, 0) is 43.9 Å². The Morgan fingerprint density at radius 2 is 1.86 bits per heavy atom. The molecule has 5 heteroatoms. The molecule has 2 saturated heterocycles. The van der Waals surface area contributed by atoms with Crippen LogP contribution in [0.3, 0.4) is 0 Å². The van der Waals surface area contributed by atoms with E-state index in [4.69, 9.17) is 9.47 Å². The standard InChI is InChI=1S/C16H21NO4/c1-20-13-5-6-15(21-2)14(9-13)16(19)17-10-3-4-11(17)8-12(18)7-10/h5-6,9-12,18H,3-4,7-8H2,1-2H3. The average Bonchev–Trinajstić information content (AvgIpc) is 2.77. The fraction of sp³-hybridized carbons (Fsp3) is 0.562. The van der Waals surface area contributed by atoms with Gasteiger partial charge in [0.25, 0.3) is 5.91 Å². The van der Waals surface area contributed by atoms with Gasteiger partial charge in [0.2, 0.25) is 0 Å². The summed E-state index contributed by atoms with van der Waals surface area (Å²) in [5, 5.41) is 9.86. The summed E-state index contributed by atoms with van der Waals surface area (Å²) in [6.45, 7) is 0. The second kappa shape index (κ2) is 5.56. The van der Waals surface area contributed by atoms with Crippen LogP contribution in [0.15, 0.2) is 18.2 Å². The van der Waals surface area contributed by atoms with Crippen molar-refractivity contribution in [2.45, 2.75) is 43.9 Å². The first-order valence-electron chi connectivity index (χ1n) is 7.36. The second-order valence-electron chi connectivity index (χ2n) is 5.79. The van der Waals surface area contributed by atoms with E-state index in [0.29, 0.717) is 29.9 Å². The van der Waals surface area contributed by atoms with E-state index in [9.17, 15) is 9.90 Å². The molecule has 2 heterocycles. The van der Waals surface area contributed by atoms with Crippen molar-refractivity contribution in [3.05, 3.63) is 23.8 Å². The molecule has 2 fully saturated rings. The molecule has 1 N–H and O–H groups in total. The van der Waals surface area contributed by atoms with Crippen molar-refractivity contribution in [1.82, 2.24) is 4.90 Å². The predicted molar refractivity (Wildman–Crippen MR) is 77.8 cm³/mol. The third-order valence-corrected chi connectivity index (χ3v) is 4.58. The number of carbonyl (C=O) groups excluding carboxylic acids is 1. The molecular formula is C16H21NO4. The molecule has 2 aliphatic rings. The lowest BCUT2D eigenvalue weighted by Crippen LogP contribution is -2.48. The monoisotopic (exact) mass is 291 g/mol. The van der Waals surface area contributed by atoms with Crippen LogP contribution in [0.4, 0.5) is 0 Å². The van der Waals surface area contributed by atoms with Crippen molar-refractivity contribution in [2.75, 3.05) is 14.2 Å². The van der Waals surface area contributed by atoms with Crippen LogP contribution in [-0.4, -0.2) is 48.3 Å². The fourth-order valence-electron chi connectivity index (χ4n) is 3.60. The Bertz CT molecular complexity index is 531. The molecule has 0 saturated carbocycles. The minimum atomic E-state index is -0.279. The molecule has 1 amide bonds. The maximum Gasteiger partial charge on any atom is 0.258 e. The van der Waals surface area contributed by atoms with E-state index in [1.165, 1.54) is 0 Å². The number of piperidine rings is 1. The molecule has 2 atom stereocenters. The lowest BCUT2D eigenvalue weighted by Gasteiger charge is -2.37. The highest BCUT2D eigenvalue weighted by molar-refractivity contribution is 5.98. The Hall–Kier alpha value is -1.75. The molecular weight excluding hydrogens is 270 g/mol. The molecule has 1 aromatic carbocycles. The minimum absolute atomic E-state index is 0.0230. The summed E-state index contributed by atoms with van der Waals surface area (Å²) >= 11 is 0. The van der Waals surface area contributed by atoms with Crippen molar-refractivity contribution < 1.29 is 19.4 Å². The van der Waals surface area contributed by atoms with Gasteiger partial charge in [0, 0.05) is 12.1 Å². The molecule has 114 valence electrons. The number of hydrogen-bond acceptors (Lipinski definition) is 4. The highest BCUT2D eigenvalue weighted by Crippen LogP contribution is 2.38. The molecule has 21 heavy (non-hydrogen) atoms. The van der Waals surface area contributed by atoms with Crippen molar-refractivity contribution in [3.8, 4) is 11.5 Å². The van der Waals surface area contributed by atoms with Gasteiger partial charge in [-0.15, -0.1) is 0 Å². The van der Waals surface area contributed by atoms with Crippen molar-refractivity contribution in [1.29, 1.82) is 0 Å². The van der Waals surface area contributed by atoms with Crippen LogP contribution in [0.1, 0.15) is 36.0 Å². The molecule has 0 spiro atoms. The summed E-state index contributed by atoms with van der Waals surface area (Å²) in [7, 11) is 3.14. The third-order valence-electron chi connectivity index (χ3n) is 4.58. The largest absolute Gasteiger partial charge is 0.497 e. The van der Waals surface area contributed by atoms with E-state index >= 15 is 0 Å². The van der Waals surface area contributed by atoms with E-state index in [1.807, 2.05) is 4.90 Å². The number of aliphatic hydroxyl groups excluding tert-OH is 1. The van der Waals surface area contributed by atoms with E-state index in [0.717, 1.165) is 12.8 Å². The normalized spacial score (nSPS) is 27.6. The zero-order valence-electron chi connectivity index (χ0n) is 12.4. The number of aliphatic hydroxyl groups is 1. The number of hydrogen-bond donors (Lipinski definition) is 1. The Morgan fingerprint density at radius 3 is 2.43 bits per heavy atom. The van der Waals surface area contributed by atoms with Crippen molar-refractivity contribution in [2.24, 2.45) is 0 Å². The summed E-state index contributed by atoms with van der Waals surface area (Å²) < 4.78 is 10.5. The van der Waals surface area contributed by atoms with Crippen LogP contribution in [-0.2, 0) is 0 Å². The Morgan fingerprint density at radius 1 is 1.19 bits per heavy atom. The van der Waals surface area contributed by atoms with Crippen LogP contribution in [0.5, 0.6) is 11.5 Å². The maximum absolute atomic E-state index is 12.9. The number of amides is 1. The van der Waals surface area contributed by atoms with Gasteiger partial charge in [-0.3, -0.25) is 4.79 Å². The molecule has 2 aliphatic heterocycles. The van der Waals surface area contributed by atoms with Crippen molar-refractivity contribution >= 4 is 5.91 Å². The van der Waals surface area contributed by atoms with E-state index in [1.54, 1.807) is 32.4 Å². The van der Waals surface area contributed by atoms with Crippen LogP contribution < -0.4 is 9.47 Å². The van der Waals surface area contributed by atoms with Gasteiger partial charge in [-0.2, -0.15) is 0 Å². The van der Waals surface area contributed by atoms with Gasteiger partial charge in [-0.25, -0.2) is 0 Å². The van der Waals surface area contributed by atoms with Crippen LogP contribution in [0.2, 0.25) is 0 Å². The van der Waals surface area contributed by atoms with Gasteiger partial charge >= 0.3 is 0 Å². The number of rotatable bonds is 3. The molecule has 2 bridgehead atoms. The summed E-state index contributed by atoms with van der Waals surface area (Å²) in [6.07, 6.45) is 3.02. The lowest BCUT2D eigenvalue weighted by molar-refractivity contribution is 0.0284. The summed E-state index contributed by atoms with van der Waals surface area (Å²) in [4.78, 5) is 14.9. The molecule has 3 rings (SSSR count). The Kier molecular flexibility index (Phi) is 3.76. The zero-order valence-corrected chi connectivity index (χ0v) is 12.4. The topological polar surface area (TPSA) is 59.0 Å². The number of fused-ring (bicyclic) bond motifs is 2. The number of nitrogens with zero attached hydrogens (tertiary/aromatic N) is 1. The SMILES string of the molecule is COc1ccc(OC)c(C(=O)N2C3CCC2CC(O)C3)c1. The molecule has 1 aromatic rings. The number of benzene rings is 1. The molecule has 5 nitrogen and oxygen atoms in total. The second-order valence-corrected chi connectivity index (χ2v) is 5.79. The van der Waals surface area contributed by atoms with Gasteiger partial charge in [-0.1, -0.05) is 0 Å². The highest BCUT2D eigenvalue weighted by atomic mass is 16.5. The number of carbonyl (C=O) groups is 1. The van der Waals surface area contributed by atoms with Gasteiger partial charge < -0.3 is 19.5 Å². The van der Waals surface area contributed by atoms with Crippen LogP contribution >= 0.6 is 0 Å². The van der Waals surface area contributed by atoms with Crippen LogP contribution in [0, 0.1) is 0 Å². The predicted octanol–water partition coefficient (Wildman–Crippen LogP) is 1.83. The lowest BCUT2D eigenvalue weighted by atomic mass is 9.98. The number of ether oxygens (including phenoxy) is 2. The quantitative estimate of drug-likeness (QED) is 0.923. The van der Waals surface area contributed by atoms with E-state index in [-0.39, 0.29) is 24.1 Å². The maximum atomic E-state index is 12.9. The van der Waals surface area contributed by atoms with E-state index in [2.05, 4.69) is 0 Å². The first-order valence-corrected chi connectivity index (χ1v) is 7.36. The molecule has 0 aliphatic carbocycles. The van der Waals surface area contributed by atoms with Gasteiger partial charge in [0.05, 0.1) is 25.9 Å². The van der Waals surface area contributed by atoms with Crippen molar-refractivity contribution in [3.63, 3.8) is 0 Å². The Labute approximate surface area is 124 Å². The summed E-state index contributed by atoms with van der Waals surface area (Å²) in [6, 6.07) is 5.55. The molecule has 0 radical (unpaired) electrons. The fourth-order valence-corrected chi connectivity index (χ4v) is 3.60. The summed E-state index contributed by atoms with van der Waals surface area (Å²) in [5.74, 6) is 1.18. The van der Waals surface area contributed by atoms with E-state index < -0.39 is 0 Å². The zero-order chi connectivity index (χ0) is 15.0. The molecule has 2 unspecified atom stereocenters. The molecule has 0 aromatic heterocycles. The minimum Gasteiger partial charge on any atom is -0.497 e. The third kappa shape index (κ3) is 2.46. The Balaban J connectivity index is 1.92. The van der Waals surface area contributed by atoms with Crippen LogP contribution in [0.25, 0.3) is 0 Å². The van der Waals surface area contributed by atoms with Gasteiger partial charge in [0.15, 0.2) is 0 Å².